The van der Waals surface area contributed by atoms with Crippen LogP contribution in [0.15, 0.2) is 112 Å². The highest BCUT2D eigenvalue weighted by Gasteiger charge is 2.34. The van der Waals surface area contributed by atoms with Crippen LogP contribution >= 0.6 is 15.9 Å². The highest BCUT2D eigenvalue weighted by atomic mass is 79.9. The van der Waals surface area contributed by atoms with Gasteiger partial charge in [-0.1, -0.05) is 89.4 Å². The van der Waals surface area contributed by atoms with Gasteiger partial charge in [-0.05, 0) is 73.0 Å². The van der Waals surface area contributed by atoms with Gasteiger partial charge in [-0.3, -0.25) is 13.9 Å². The van der Waals surface area contributed by atoms with Crippen molar-refractivity contribution in [2.45, 2.75) is 50.6 Å². The molecule has 0 aliphatic rings. The Morgan fingerprint density at radius 2 is 1.57 bits per heavy atom. The molecule has 1 unspecified atom stereocenters. The zero-order valence-electron chi connectivity index (χ0n) is 26.4. The number of hydrogen-bond acceptors (Lipinski definition) is 5. The molecule has 1 N–H and O–H groups in total. The maximum atomic E-state index is 14.6. The first-order valence-electron chi connectivity index (χ1n) is 15.2. The lowest BCUT2D eigenvalue weighted by molar-refractivity contribution is -0.140. The number of carbonyl (C=O) groups is 2. The fraction of sp³-hybridized carbons (Fsp3) is 0.278. The van der Waals surface area contributed by atoms with Crippen molar-refractivity contribution in [3.8, 4) is 5.75 Å². The smallest absolute Gasteiger partial charge is 0.264 e. The van der Waals surface area contributed by atoms with Gasteiger partial charge in [-0.15, -0.1) is 0 Å². The second-order valence-electron chi connectivity index (χ2n) is 11.0. The molecule has 0 saturated carbocycles. The Labute approximate surface area is 280 Å². The number of ether oxygens (including phenoxy) is 1. The lowest BCUT2D eigenvalue weighted by Crippen LogP contribution is -2.53. The zero-order chi connectivity index (χ0) is 33.1. The predicted octanol–water partition coefficient (Wildman–Crippen LogP) is 6.52. The van der Waals surface area contributed by atoms with Crippen molar-refractivity contribution in [2.24, 2.45) is 0 Å². The van der Waals surface area contributed by atoms with Crippen molar-refractivity contribution in [3.63, 3.8) is 0 Å². The van der Waals surface area contributed by atoms with Gasteiger partial charge >= 0.3 is 0 Å². The van der Waals surface area contributed by atoms with Gasteiger partial charge in [0.15, 0.2) is 0 Å². The van der Waals surface area contributed by atoms with E-state index in [-0.39, 0.29) is 23.8 Å². The molecule has 0 bridgehead atoms. The number of hydrogen-bond donors (Lipinski definition) is 1. The number of methoxy groups -OCH3 is 1. The third-order valence-corrected chi connectivity index (χ3v) is 9.91. The van der Waals surface area contributed by atoms with E-state index in [4.69, 9.17) is 4.74 Å². The number of sulfonamides is 1. The molecule has 0 fully saturated rings. The van der Waals surface area contributed by atoms with E-state index in [1.54, 1.807) is 49.6 Å². The van der Waals surface area contributed by atoms with Crippen molar-refractivity contribution in [1.29, 1.82) is 0 Å². The molecule has 0 heterocycles. The highest BCUT2D eigenvalue weighted by molar-refractivity contribution is 9.10. The molecular weight excluding hydrogens is 666 g/mol. The molecule has 242 valence electrons. The number of rotatable bonds is 15. The lowest BCUT2D eigenvalue weighted by atomic mass is 10.0. The minimum atomic E-state index is -4.17. The first-order valence-corrected chi connectivity index (χ1v) is 17.4. The summed E-state index contributed by atoms with van der Waals surface area (Å²) in [6.45, 7) is 3.93. The number of benzene rings is 4. The number of halogens is 1. The minimum Gasteiger partial charge on any atom is -0.497 e. The number of unbranched alkanes of at least 4 members (excludes halogenated alkanes) is 1. The Morgan fingerprint density at radius 3 is 2.22 bits per heavy atom. The fourth-order valence-electron chi connectivity index (χ4n) is 5.00. The van der Waals surface area contributed by atoms with Crippen LogP contribution in [-0.2, 0) is 32.6 Å². The molecule has 10 heteroatoms. The van der Waals surface area contributed by atoms with E-state index in [0.717, 1.165) is 38.3 Å². The fourth-order valence-corrected chi connectivity index (χ4v) is 6.68. The van der Waals surface area contributed by atoms with Gasteiger partial charge in [0.25, 0.3) is 10.0 Å². The molecule has 4 aromatic carbocycles. The summed E-state index contributed by atoms with van der Waals surface area (Å²) in [5, 5.41) is 3.01. The predicted molar refractivity (Wildman–Crippen MR) is 185 cm³/mol. The summed E-state index contributed by atoms with van der Waals surface area (Å²) < 4.78 is 35.6. The number of nitrogens with one attached hydrogen (secondary N) is 1. The summed E-state index contributed by atoms with van der Waals surface area (Å²) in [6, 6.07) is 29.1. The average Bonchev–Trinajstić information content (AvgIpc) is 3.06. The standard InChI is InChI=1S/C36H40BrN3O5S/c1-4-5-22-38-36(42)34(24-28-10-7-6-8-11-28)39(25-29-12-9-13-32(23-29)45-3)35(41)26-40(31-18-16-30(37)17-19-31)46(43,44)33-20-14-27(2)15-21-33/h6-21,23,34H,4-5,22,24-26H2,1-3H3,(H,38,42). The maximum Gasteiger partial charge on any atom is 0.264 e. The van der Waals surface area contributed by atoms with Crippen LogP contribution in [0.4, 0.5) is 5.69 Å². The number of anilines is 1. The van der Waals surface area contributed by atoms with Crippen molar-refractivity contribution in [1.82, 2.24) is 10.2 Å². The van der Waals surface area contributed by atoms with Crippen LogP contribution in [-0.4, -0.2) is 51.4 Å². The Hall–Kier alpha value is -4.15. The van der Waals surface area contributed by atoms with Gasteiger partial charge in [-0.2, -0.15) is 0 Å². The lowest BCUT2D eigenvalue weighted by Gasteiger charge is -2.34. The first-order chi connectivity index (χ1) is 22.1. The van der Waals surface area contributed by atoms with Crippen LogP contribution in [0.1, 0.15) is 36.5 Å². The van der Waals surface area contributed by atoms with Gasteiger partial charge in [0, 0.05) is 24.0 Å². The van der Waals surface area contributed by atoms with Gasteiger partial charge in [0.2, 0.25) is 11.8 Å². The van der Waals surface area contributed by atoms with Crippen molar-refractivity contribution in [3.05, 3.63) is 124 Å². The van der Waals surface area contributed by atoms with Crippen LogP contribution in [0, 0.1) is 6.92 Å². The molecule has 2 amide bonds. The van der Waals surface area contributed by atoms with Crippen LogP contribution in [0.25, 0.3) is 0 Å². The summed E-state index contributed by atoms with van der Waals surface area (Å²) in [6.07, 6.45) is 1.94. The SMILES string of the molecule is CCCCNC(=O)C(Cc1ccccc1)N(Cc1cccc(OC)c1)C(=O)CN(c1ccc(Br)cc1)S(=O)(=O)c1ccc(C)cc1. The minimum absolute atomic E-state index is 0.0614. The second-order valence-corrected chi connectivity index (χ2v) is 13.8. The van der Waals surface area contributed by atoms with Gasteiger partial charge < -0.3 is 15.0 Å². The van der Waals surface area contributed by atoms with E-state index < -0.39 is 28.5 Å². The Morgan fingerprint density at radius 1 is 0.891 bits per heavy atom. The molecule has 46 heavy (non-hydrogen) atoms. The Balaban J connectivity index is 1.79. The van der Waals surface area contributed by atoms with Crippen LogP contribution < -0.4 is 14.4 Å². The third kappa shape index (κ3) is 9.20. The first kappa shape index (κ1) is 34.7. The van der Waals surface area contributed by atoms with E-state index in [1.165, 1.54) is 17.0 Å². The van der Waals surface area contributed by atoms with Crippen LogP contribution in [0.5, 0.6) is 5.75 Å². The van der Waals surface area contributed by atoms with Gasteiger partial charge in [0.1, 0.15) is 18.3 Å². The topological polar surface area (TPSA) is 96.0 Å². The summed E-state index contributed by atoms with van der Waals surface area (Å²) in [5.41, 5.74) is 2.85. The highest BCUT2D eigenvalue weighted by Crippen LogP contribution is 2.27. The van der Waals surface area contributed by atoms with Crippen molar-refractivity contribution in [2.75, 3.05) is 24.5 Å². The zero-order valence-corrected chi connectivity index (χ0v) is 28.8. The molecule has 0 aromatic heterocycles. The number of aryl methyl sites for hydroxylation is 1. The molecule has 1 atom stereocenters. The van der Waals surface area contributed by atoms with E-state index in [2.05, 4.69) is 21.2 Å². The molecule has 0 aliphatic carbocycles. The van der Waals surface area contributed by atoms with Crippen molar-refractivity contribution < 1.29 is 22.7 Å². The summed E-state index contributed by atoms with van der Waals surface area (Å²) in [5.74, 6) is -0.214. The molecule has 4 aromatic rings. The van der Waals surface area contributed by atoms with E-state index >= 15 is 0 Å². The average molecular weight is 707 g/mol. The largest absolute Gasteiger partial charge is 0.497 e. The molecule has 4 rings (SSSR count). The monoisotopic (exact) mass is 705 g/mol. The maximum absolute atomic E-state index is 14.6. The molecular formula is C36H40BrN3O5S. The van der Waals surface area contributed by atoms with E-state index in [1.807, 2.05) is 62.4 Å². The second kappa shape index (κ2) is 16.4. The van der Waals surface area contributed by atoms with Crippen LogP contribution in [0.3, 0.4) is 0 Å². The Bertz CT molecular complexity index is 1700. The number of amides is 2. The molecule has 8 nitrogen and oxygen atoms in total. The third-order valence-electron chi connectivity index (χ3n) is 7.59. The van der Waals surface area contributed by atoms with Gasteiger partial charge in [0.05, 0.1) is 17.7 Å². The van der Waals surface area contributed by atoms with Crippen LogP contribution in [0.2, 0.25) is 0 Å². The molecule has 0 radical (unpaired) electrons. The number of carbonyl (C=O) groups excluding carboxylic acids is 2. The van der Waals surface area contributed by atoms with E-state index in [9.17, 15) is 18.0 Å². The molecule has 0 aliphatic heterocycles. The summed E-state index contributed by atoms with van der Waals surface area (Å²) >= 11 is 3.42. The molecule has 0 saturated heterocycles. The summed E-state index contributed by atoms with van der Waals surface area (Å²) in [7, 11) is -2.61. The van der Waals surface area contributed by atoms with E-state index in [0.29, 0.717) is 18.0 Å². The normalized spacial score (nSPS) is 11.8. The molecule has 0 spiro atoms. The van der Waals surface area contributed by atoms with Gasteiger partial charge in [-0.25, -0.2) is 8.42 Å². The van der Waals surface area contributed by atoms with Crippen molar-refractivity contribution >= 4 is 43.5 Å². The summed E-state index contributed by atoms with van der Waals surface area (Å²) in [4.78, 5) is 30.0. The Kier molecular flexibility index (Phi) is 12.4. The quantitative estimate of drug-likeness (QED) is 0.142. The number of nitrogens with zero attached hydrogens (tertiary/aromatic N) is 2.